The molecule has 0 aliphatic heterocycles. The average Bonchev–Trinajstić information content (AvgIpc) is 3.65. The lowest BCUT2D eigenvalue weighted by Gasteiger charge is -2.21. The molecule has 1 aliphatic carbocycles. The van der Waals surface area contributed by atoms with E-state index in [4.69, 9.17) is 0 Å². The molecule has 10 rings (SSSR count). The fourth-order valence-corrected chi connectivity index (χ4v) is 8.47. The largest absolute Gasteiger partial charge is 0.355 e. The topological polar surface area (TPSA) is 17.0 Å². The Balaban J connectivity index is 1.11. The molecule has 0 saturated carbocycles. The lowest BCUT2D eigenvalue weighted by atomic mass is 9.82. The smallest absolute Gasteiger partial charge is 0.0547 e. The van der Waals surface area contributed by atoms with Crippen molar-refractivity contribution in [1.29, 1.82) is 0 Å². The van der Waals surface area contributed by atoms with Gasteiger partial charge in [0.25, 0.3) is 0 Å². The van der Waals surface area contributed by atoms with Crippen LogP contribution in [0.25, 0.3) is 72.0 Å². The second-order valence-electron chi connectivity index (χ2n) is 14.7. The van der Waals surface area contributed by atoms with Gasteiger partial charge in [0.05, 0.1) is 11.0 Å². The molecule has 2 heteroatoms. The Morgan fingerprint density at radius 3 is 1.74 bits per heavy atom. The van der Waals surface area contributed by atoms with E-state index < -0.39 is 0 Å². The molecule has 0 radical (unpaired) electrons. The van der Waals surface area contributed by atoms with Crippen LogP contribution in [0.15, 0.2) is 188 Å². The number of hydrogen-bond donors (Lipinski definition) is 1. The molecule has 9 aromatic rings. The maximum absolute atomic E-state index is 3.74. The van der Waals surface area contributed by atoms with Crippen molar-refractivity contribution >= 4 is 33.2 Å². The molecule has 0 fully saturated rings. The standard InChI is InChI=1S/C51H38N2/c1-51(2)46-21-13-12-20-41(46)43-33-50-45(32-47(43)51)44-31-38(25-29-49(44)53(50)40-18-10-5-11-19-40)37-24-28-48(42(30-37)36-16-8-4-9-17-36)52-39-26-22-35(23-27-39)34-14-6-3-7-15-34/h3-33,52H,1-2H3. The summed E-state index contributed by atoms with van der Waals surface area (Å²) in [6, 6.07) is 68.3. The van der Waals surface area contributed by atoms with Crippen molar-refractivity contribution in [3.8, 4) is 50.2 Å². The molecule has 53 heavy (non-hydrogen) atoms. The molecule has 1 heterocycles. The number of benzene rings is 8. The molecule has 0 bridgehead atoms. The highest BCUT2D eigenvalue weighted by molar-refractivity contribution is 6.12. The van der Waals surface area contributed by atoms with E-state index in [1.165, 1.54) is 83.1 Å². The van der Waals surface area contributed by atoms with Gasteiger partial charge in [-0.15, -0.1) is 0 Å². The molecule has 252 valence electrons. The van der Waals surface area contributed by atoms with Gasteiger partial charge in [0, 0.05) is 38.8 Å². The summed E-state index contributed by atoms with van der Waals surface area (Å²) < 4.78 is 2.44. The Morgan fingerprint density at radius 2 is 0.981 bits per heavy atom. The van der Waals surface area contributed by atoms with Gasteiger partial charge in [0.15, 0.2) is 0 Å². The second-order valence-corrected chi connectivity index (χ2v) is 14.7. The lowest BCUT2D eigenvalue weighted by Crippen LogP contribution is -2.14. The number of aromatic nitrogens is 1. The van der Waals surface area contributed by atoms with Crippen LogP contribution in [0, 0.1) is 0 Å². The highest BCUT2D eigenvalue weighted by atomic mass is 15.0. The number of rotatable bonds is 6. The monoisotopic (exact) mass is 678 g/mol. The van der Waals surface area contributed by atoms with Crippen LogP contribution < -0.4 is 5.32 Å². The molecule has 8 aromatic carbocycles. The van der Waals surface area contributed by atoms with Gasteiger partial charge in [-0.1, -0.05) is 141 Å². The molecule has 0 saturated heterocycles. The van der Waals surface area contributed by atoms with Gasteiger partial charge in [0.1, 0.15) is 0 Å². The van der Waals surface area contributed by atoms with Crippen LogP contribution in [-0.4, -0.2) is 4.57 Å². The quantitative estimate of drug-likeness (QED) is 0.185. The maximum atomic E-state index is 3.74. The van der Waals surface area contributed by atoms with E-state index in [2.05, 4.69) is 212 Å². The summed E-state index contributed by atoms with van der Waals surface area (Å²) in [5, 5.41) is 6.28. The summed E-state index contributed by atoms with van der Waals surface area (Å²) in [5.74, 6) is 0. The zero-order valence-electron chi connectivity index (χ0n) is 29.8. The van der Waals surface area contributed by atoms with Crippen LogP contribution in [0.4, 0.5) is 11.4 Å². The summed E-state index contributed by atoms with van der Waals surface area (Å²) in [7, 11) is 0. The first-order chi connectivity index (χ1) is 26.0. The summed E-state index contributed by atoms with van der Waals surface area (Å²) in [6.07, 6.45) is 0. The lowest BCUT2D eigenvalue weighted by molar-refractivity contribution is 0.661. The fourth-order valence-electron chi connectivity index (χ4n) is 8.47. The van der Waals surface area contributed by atoms with Gasteiger partial charge < -0.3 is 9.88 Å². The normalized spacial score (nSPS) is 12.9. The van der Waals surface area contributed by atoms with Crippen molar-refractivity contribution in [2.24, 2.45) is 0 Å². The first kappa shape index (κ1) is 31.1. The van der Waals surface area contributed by atoms with E-state index in [-0.39, 0.29) is 5.41 Å². The van der Waals surface area contributed by atoms with Gasteiger partial charge in [0.2, 0.25) is 0 Å². The number of nitrogens with zero attached hydrogens (tertiary/aromatic N) is 1. The van der Waals surface area contributed by atoms with E-state index in [0.29, 0.717) is 0 Å². The van der Waals surface area contributed by atoms with E-state index in [1.54, 1.807) is 0 Å². The first-order valence-electron chi connectivity index (χ1n) is 18.4. The van der Waals surface area contributed by atoms with Crippen molar-refractivity contribution < 1.29 is 0 Å². The van der Waals surface area contributed by atoms with E-state index >= 15 is 0 Å². The molecule has 1 aliphatic rings. The summed E-state index contributed by atoms with van der Waals surface area (Å²) in [5.41, 5.74) is 18.3. The van der Waals surface area contributed by atoms with Gasteiger partial charge in [-0.05, 0) is 111 Å². The van der Waals surface area contributed by atoms with Gasteiger partial charge in [-0.2, -0.15) is 0 Å². The van der Waals surface area contributed by atoms with Gasteiger partial charge in [-0.25, -0.2) is 0 Å². The predicted molar refractivity (Wildman–Crippen MR) is 224 cm³/mol. The molecule has 2 nitrogen and oxygen atoms in total. The van der Waals surface area contributed by atoms with Crippen molar-refractivity contribution in [3.05, 3.63) is 199 Å². The van der Waals surface area contributed by atoms with Gasteiger partial charge >= 0.3 is 0 Å². The average molecular weight is 679 g/mol. The summed E-state index contributed by atoms with van der Waals surface area (Å²) in [6.45, 7) is 4.73. The Labute approximate surface area is 310 Å². The van der Waals surface area contributed by atoms with Crippen molar-refractivity contribution in [1.82, 2.24) is 4.57 Å². The van der Waals surface area contributed by atoms with Crippen molar-refractivity contribution in [3.63, 3.8) is 0 Å². The third-order valence-corrected chi connectivity index (χ3v) is 11.2. The minimum Gasteiger partial charge on any atom is -0.355 e. The molecule has 1 N–H and O–H groups in total. The number of fused-ring (bicyclic) bond motifs is 6. The highest BCUT2D eigenvalue weighted by Crippen LogP contribution is 2.51. The Kier molecular flexibility index (Phi) is 7.19. The molecule has 0 unspecified atom stereocenters. The van der Waals surface area contributed by atoms with Crippen molar-refractivity contribution in [2.45, 2.75) is 19.3 Å². The Morgan fingerprint density at radius 1 is 0.396 bits per heavy atom. The summed E-state index contributed by atoms with van der Waals surface area (Å²) in [4.78, 5) is 0. The number of hydrogen-bond acceptors (Lipinski definition) is 1. The molecular formula is C51H38N2. The number of nitrogens with one attached hydrogen (secondary N) is 1. The molecule has 0 amide bonds. The van der Waals surface area contributed by atoms with Crippen LogP contribution in [0.5, 0.6) is 0 Å². The molecular weight excluding hydrogens is 641 g/mol. The molecule has 1 aromatic heterocycles. The van der Waals surface area contributed by atoms with Crippen LogP contribution in [0.3, 0.4) is 0 Å². The third kappa shape index (κ3) is 5.18. The zero-order valence-corrected chi connectivity index (χ0v) is 29.8. The zero-order chi connectivity index (χ0) is 35.5. The van der Waals surface area contributed by atoms with Crippen LogP contribution in [0.2, 0.25) is 0 Å². The SMILES string of the molecule is CC1(C)c2ccccc2-c2cc3c(cc21)c1cc(-c2ccc(Nc4ccc(-c5ccccc5)cc4)c(-c4ccccc4)c2)ccc1n3-c1ccccc1. The third-order valence-electron chi connectivity index (χ3n) is 11.2. The van der Waals surface area contributed by atoms with Crippen molar-refractivity contribution in [2.75, 3.05) is 5.32 Å². The highest BCUT2D eigenvalue weighted by Gasteiger charge is 2.36. The fraction of sp³-hybridized carbons (Fsp3) is 0.0588. The first-order valence-corrected chi connectivity index (χ1v) is 18.4. The Bertz CT molecular complexity index is 2790. The van der Waals surface area contributed by atoms with Crippen LogP contribution in [0.1, 0.15) is 25.0 Å². The van der Waals surface area contributed by atoms with E-state index in [1.807, 2.05) is 0 Å². The maximum Gasteiger partial charge on any atom is 0.0547 e. The Hall–Kier alpha value is -6.64. The van der Waals surface area contributed by atoms with Gasteiger partial charge in [-0.3, -0.25) is 0 Å². The predicted octanol–water partition coefficient (Wildman–Crippen LogP) is 13.8. The molecule has 0 atom stereocenters. The van der Waals surface area contributed by atoms with E-state index in [9.17, 15) is 0 Å². The number of anilines is 2. The van der Waals surface area contributed by atoms with Crippen LogP contribution >= 0.6 is 0 Å². The van der Waals surface area contributed by atoms with Crippen LogP contribution in [-0.2, 0) is 5.41 Å². The molecule has 0 spiro atoms. The number of para-hydroxylation sites is 1. The minimum atomic E-state index is -0.0752. The summed E-state index contributed by atoms with van der Waals surface area (Å²) >= 11 is 0. The minimum absolute atomic E-state index is 0.0752. The van der Waals surface area contributed by atoms with E-state index in [0.717, 1.165) is 11.4 Å². The second kappa shape index (κ2) is 12.3.